The van der Waals surface area contributed by atoms with Crippen LogP contribution in [0.25, 0.3) is 11.4 Å². The third kappa shape index (κ3) is 3.37. The van der Waals surface area contributed by atoms with Gasteiger partial charge < -0.3 is 9.26 Å². The van der Waals surface area contributed by atoms with Crippen molar-refractivity contribution in [3.63, 3.8) is 0 Å². The highest BCUT2D eigenvalue weighted by Gasteiger charge is 2.19. The van der Waals surface area contributed by atoms with E-state index in [-0.39, 0.29) is 11.7 Å². The summed E-state index contributed by atoms with van der Waals surface area (Å²) in [7, 11) is 0. The van der Waals surface area contributed by atoms with Gasteiger partial charge in [0.05, 0.1) is 13.0 Å². The molecule has 0 unspecified atom stereocenters. The maximum absolute atomic E-state index is 12.1. The van der Waals surface area contributed by atoms with Crippen LogP contribution in [0.15, 0.2) is 28.8 Å². The van der Waals surface area contributed by atoms with Gasteiger partial charge in [-0.05, 0) is 19.1 Å². The van der Waals surface area contributed by atoms with Crippen LogP contribution in [0.4, 0.5) is 8.78 Å². The molecule has 0 saturated carbocycles. The van der Waals surface area contributed by atoms with Crippen molar-refractivity contribution < 1.29 is 22.8 Å². The molecule has 5 nitrogen and oxygen atoms in total. The van der Waals surface area contributed by atoms with Gasteiger partial charge in [-0.15, -0.1) is 0 Å². The lowest BCUT2D eigenvalue weighted by atomic mass is 10.2. The Labute approximate surface area is 113 Å². The monoisotopic (exact) mass is 282 g/mol. The Morgan fingerprint density at radius 2 is 2.25 bits per heavy atom. The molecule has 0 aliphatic carbocycles. The molecular formula is C13H12F2N2O3. The van der Waals surface area contributed by atoms with Crippen LogP contribution < -0.4 is 4.74 Å². The summed E-state index contributed by atoms with van der Waals surface area (Å²) in [6.45, 7) is 2.37. The van der Waals surface area contributed by atoms with Crippen molar-refractivity contribution in [3.05, 3.63) is 30.2 Å². The SMILES string of the molecule is CCOc1cccc(-c2noc(CC(=O)C(F)F)n2)c1. The van der Waals surface area contributed by atoms with Crippen LogP contribution in [0, 0.1) is 0 Å². The molecule has 0 amide bonds. The van der Waals surface area contributed by atoms with Crippen LogP contribution in [0.5, 0.6) is 5.75 Å². The number of carbonyl (C=O) groups excluding carboxylic acids is 1. The number of carbonyl (C=O) groups is 1. The topological polar surface area (TPSA) is 65.2 Å². The van der Waals surface area contributed by atoms with E-state index in [1.807, 2.05) is 6.92 Å². The summed E-state index contributed by atoms with van der Waals surface area (Å²) in [6, 6.07) is 6.95. The van der Waals surface area contributed by atoms with E-state index in [0.717, 1.165) is 0 Å². The van der Waals surface area contributed by atoms with E-state index in [4.69, 9.17) is 9.26 Å². The van der Waals surface area contributed by atoms with Crippen LogP contribution in [0.3, 0.4) is 0 Å². The van der Waals surface area contributed by atoms with Gasteiger partial charge >= 0.3 is 0 Å². The van der Waals surface area contributed by atoms with Gasteiger partial charge in [-0.25, -0.2) is 8.78 Å². The number of hydrogen-bond acceptors (Lipinski definition) is 5. The highest BCUT2D eigenvalue weighted by atomic mass is 19.3. The predicted molar refractivity (Wildman–Crippen MR) is 65.6 cm³/mol. The molecule has 2 aromatic rings. The van der Waals surface area contributed by atoms with Gasteiger partial charge in [0.25, 0.3) is 6.43 Å². The third-order valence-corrected chi connectivity index (χ3v) is 2.44. The molecule has 0 spiro atoms. The zero-order valence-electron chi connectivity index (χ0n) is 10.7. The number of ether oxygens (including phenoxy) is 1. The van der Waals surface area contributed by atoms with Gasteiger partial charge in [-0.1, -0.05) is 17.3 Å². The van der Waals surface area contributed by atoms with Gasteiger partial charge in [0.1, 0.15) is 5.75 Å². The number of hydrogen-bond donors (Lipinski definition) is 0. The van der Waals surface area contributed by atoms with E-state index in [2.05, 4.69) is 10.1 Å². The molecule has 2 rings (SSSR count). The highest BCUT2D eigenvalue weighted by Crippen LogP contribution is 2.21. The minimum Gasteiger partial charge on any atom is -0.494 e. The second-order valence-corrected chi connectivity index (χ2v) is 3.92. The average Bonchev–Trinajstić information content (AvgIpc) is 2.88. The number of rotatable bonds is 6. The van der Waals surface area contributed by atoms with Crippen molar-refractivity contribution in [2.75, 3.05) is 6.61 Å². The Morgan fingerprint density at radius 3 is 2.95 bits per heavy atom. The number of ketones is 1. The predicted octanol–water partition coefficient (Wildman–Crippen LogP) is 2.51. The maximum Gasteiger partial charge on any atom is 0.296 e. The molecule has 0 bridgehead atoms. The minimum atomic E-state index is -3.04. The van der Waals surface area contributed by atoms with E-state index in [1.165, 1.54) is 0 Å². The van der Waals surface area contributed by atoms with Crippen LogP contribution >= 0.6 is 0 Å². The molecule has 0 N–H and O–H groups in total. The van der Waals surface area contributed by atoms with Crippen molar-refractivity contribution in [2.24, 2.45) is 0 Å². The lowest BCUT2D eigenvalue weighted by Crippen LogP contribution is -2.12. The fourth-order valence-corrected chi connectivity index (χ4v) is 1.56. The Balaban J connectivity index is 2.16. The summed E-state index contributed by atoms with van der Waals surface area (Å²) in [5.74, 6) is -0.515. The number of Topliss-reactive ketones (excluding diaryl/α,β-unsaturated/α-hetero) is 1. The van der Waals surface area contributed by atoms with E-state index < -0.39 is 18.6 Å². The molecule has 1 aromatic carbocycles. The number of nitrogens with zero attached hydrogens (tertiary/aromatic N) is 2. The Kier molecular flexibility index (Phi) is 4.39. The van der Waals surface area contributed by atoms with Gasteiger partial charge in [-0.2, -0.15) is 4.98 Å². The second-order valence-electron chi connectivity index (χ2n) is 3.92. The number of halogens is 2. The van der Waals surface area contributed by atoms with Crippen molar-refractivity contribution in [1.82, 2.24) is 10.1 Å². The van der Waals surface area contributed by atoms with Crippen molar-refractivity contribution in [1.29, 1.82) is 0 Å². The number of aromatic nitrogens is 2. The fourth-order valence-electron chi connectivity index (χ4n) is 1.56. The summed E-state index contributed by atoms with van der Waals surface area (Å²) >= 11 is 0. The summed E-state index contributed by atoms with van der Waals surface area (Å²) in [6.07, 6.45) is -3.61. The van der Waals surface area contributed by atoms with Crippen LogP contribution in [-0.4, -0.2) is 29.0 Å². The first-order chi connectivity index (χ1) is 9.60. The molecule has 0 aliphatic rings. The molecule has 0 aliphatic heterocycles. The molecule has 106 valence electrons. The third-order valence-electron chi connectivity index (χ3n) is 2.44. The molecule has 0 fully saturated rings. The van der Waals surface area contributed by atoms with E-state index in [9.17, 15) is 13.6 Å². The average molecular weight is 282 g/mol. The smallest absolute Gasteiger partial charge is 0.296 e. The van der Waals surface area contributed by atoms with E-state index in [0.29, 0.717) is 17.9 Å². The number of alkyl halides is 2. The standard InChI is InChI=1S/C13H12F2N2O3/c1-2-19-9-5-3-4-8(6-9)13-16-11(20-17-13)7-10(18)12(14)15/h3-6,12H,2,7H2,1H3. The van der Waals surface area contributed by atoms with Crippen molar-refractivity contribution in [3.8, 4) is 17.1 Å². The van der Waals surface area contributed by atoms with Gasteiger partial charge in [0.2, 0.25) is 17.5 Å². The molecule has 0 radical (unpaired) electrons. The minimum absolute atomic E-state index is 0.132. The van der Waals surface area contributed by atoms with Gasteiger partial charge in [-0.3, -0.25) is 4.79 Å². The lowest BCUT2D eigenvalue weighted by Gasteiger charge is -2.02. The zero-order chi connectivity index (χ0) is 14.5. The Bertz CT molecular complexity index is 599. The second kappa shape index (κ2) is 6.23. The fraction of sp³-hybridized carbons (Fsp3) is 0.308. The van der Waals surface area contributed by atoms with E-state index >= 15 is 0 Å². The Morgan fingerprint density at radius 1 is 1.45 bits per heavy atom. The van der Waals surface area contributed by atoms with Crippen molar-refractivity contribution in [2.45, 2.75) is 19.8 Å². The summed E-state index contributed by atoms with van der Waals surface area (Å²) in [5.41, 5.74) is 0.621. The molecule has 7 heteroatoms. The largest absolute Gasteiger partial charge is 0.494 e. The van der Waals surface area contributed by atoms with Gasteiger partial charge in [0.15, 0.2) is 0 Å². The first kappa shape index (κ1) is 14.1. The number of benzene rings is 1. The summed E-state index contributed by atoms with van der Waals surface area (Å²) in [4.78, 5) is 14.8. The normalized spacial score (nSPS) is 10.8. The first-order valence-electron chi connectivity index (χ1n) is 5.97. The first-order valence-corrected chi connectivity index (χ1v) is 5.97. The molecule has 0 atom stereocenters. The van der Waals surface area contributed by atoms with Gasteiger partial charge in [0, 0.05) is 5.56 Å². The zero-order valence-corrected chi connectivity index (χ0v) is 10.7. The summed E-state index contributed by atoms with van der Waals surface area (Å²) < 4.78 is 34.4. The lowest BCUT2D eigenvalue weighted by molar-refractivity contribution is -0.129. The van der Waals surface area contributed by atoms with Crippen molar-refractivity contribution >= 4 is 5.78 Å². The molecular weight excluding hydrogens is 270 g/mol. The summed E-state index contributed by atoms with van der Waals surface area (Å²) in [5, 5.41) is 3.66. The molecule has 0 saturated heterocycles. The van der Waals surface area contributed by atoms with Crippen LogP contribution in [0.1, 0.15) is 12.8 Å². The maximum atomic E-state index is 12.1. The molecule has 1 aromatic heterocycles. The van der Waals surface area contributed by atoms with Crippen LogP contribution in [-0.2, 0) is 11.2 Å². The molecule has 20 heavy (non-hydrogen) atoms. The Hall–Kier alpha value is -2.31. The van der Waals surface area contributed by atoms with E-state index in [1.54, 1.807) is 24.3 Å². The van der Waals surface area contributed by atoms with Crippen LogP contribution in [0.2, 0.25) is 0 Å². The molecule has 1 heterocycles. The quantitative estimate of drug-likeness (QED) is 0.814. The highest BCUT2D eigenvalue weighted by molar-refractivity contribution is 5.83.